The highest BCUT2D eigenvalue weighted by molar-refractivity contribution is 5.34. The summed E-state index contributed by atoms with van der Waals surface area (Å²) >= 11 is 0. The molecule has 4 heteroatoms. The lowest BCUT2D eigenvalue weighted by Gasteiger charge is -2.18. The zero-order chi connectivity index (χ0) is 15.2. The largest absolute Gasteiger partial charge is 0.496 e. The van der Waals surface area contributed by atoms with E-state index in [4.69, 9.17) is 10.6 Å². The summed E-state index contributed by atoms with van der Waals surface area (Å²) in [4.78, 5) is 0. The minimum Gasteiger partial charge on any atom is -0.496 e. The molecule has 3 N–H and O–H groups in total. The van der Waals surface area contributed by atoms with Gasteiger partial charge in [0, 0.05) is 6.04 Å². The van der Waals surface area contributed by atoms with Crippen LogP contribution >= 0.6 is 0 Å². The molecule has 1 atom stereocenters. The van der Waals surface area contributed by atoms with Crippen LogP contribution in [-0.4, -0.2) is 13.2 Å². The third-order valence-electron chi connectivity index (χ3n) is 3.67. The second kappa shape index (κ2) is 7.20. The van der Waals surface area contributed by atoms with Crippen LogP contribution < -0.4 is 16.0 Å². The van der Waals surface area contributed by atoms with Crippen LogP contribution in [-0.2, 0) is 12.8 Å². The number of para-hydroxylation sites is 1. The number of hydrogen-bond acceptors (Lipinski definition) is 3. The van der Waals surface area contributed by atoms with Gasteiger partial charge in [0.15, 0.2) is 0 Å². The van der Waals surface area contributed by atoms with Crippen LogP contribution in [0.25, 0.3) is 0 Å². The van der Waals surface area contributed by atoms with Crippen molar-refractivity contribution in [1.29, 1.82) is 0 Å². The highest BCUT2D eigenvalue weighted by Crippen LogP contribution is 2.20. The first kappa shape index (κ1) is 15.5. The second-order valence-electron chi connectivity index (χ2n) is 5.15. The summed E-state index contributed by atoms with van der Waals surface area (Å²) in [5, 5.41) is 0. The molecule has 0 aliphatic heterocycles. The van der Waals surface area contributed by atoms with Crippen molar-refractivity contribution in [2.24, 2.45) is 5.84 Å². The van der Waals surface area contributed by atoms with E-state index in [-0.39, 0.29) is 11.9 Å². The Morgan fingerprint density at radius 2 is 1.86 bits per heavy atom. The lowest BCUT2D eigenvalue weighted by atomic mass is 9.96. The van der Waals surface area contributed by atoms with Gasteiger partial charge >= 0.3 is 0 Å². The normalized spacial score (nSPS) is 12.2. The average Bonchev–Trinajstić information content (AvgIpc) is 2.49. The Balaban J connectivity index is 2.13. The average molecular weight is 288 g/mol. The fourth-order valence-electron chi connectivity index (χ4n) is 2.48. The van der Waals surface area contributed by atoms with E-state index in [1.807, 2.05) is 37.3 Å². The van der Waals surface area contributed by atoms with Crippen molar-refractivity contribution in [2.45, 2.75) is 25.8 Å². The number of rotatable bonds is 6. The fourth-order valence-corrected chi connectivity index (χ4v) is 2.48. The first-order chi connectivity index (χ1) is 10.1. The zero-order valence-electron chi connectivity index (χ0n) is 12.4. The van der Waals surface area contributed by atoms with E-state index in [1.165, 1.54) is 6.07 Å². The summed E-state index contributed by atoms with van der Waals surface area (Å²) in [5.74, 6) is 6.32. The van der Waals surface area contributed by atoms with Gasteiger partial charge in [-0.05, 0) is 54.7 Å². The summed E-state index contributed by atoms with van der Waals surface area (Å²) in [5.41, 5.74) is 5.97. The molecule has 0 saturated carbocycles. The highest BCUT2D eigenvalue weighted by atomic mass is 19.1. The van der Waals surface area contributed by atoms with Crippen molar-refractivity contribution < 1.29 is 9.13 Å². The van der Waals surface area contributed by atoms with Gasteiger partial charge < -0.3 is 4.74 Å². The zero-order valence-corrected chi connectivity index (χ0v) is 12.4. The van der Waals surface area contributed by atoms with Crippen molar-refractivity contribution in [3.63, 3.8) is 0 Å². The Morgan fingerprint density at radius 3 is 2.52 bits per heavy atom. The molecule has 0 spiro atoms. The van der Waals surface area contributed by atoms with Crippen LogP contribution in [0.4, 0.5) is 4.39 Å². The van der Waals surface area contributed by atoms with Gasteiger partial charge in [0.05, 0.1) is 7.11 Å². The lowest BCUT2D eigenvalue weighted by Crippen LogP contribution is -2.38. The van der Waals surface area contributed by atoms with Crippen LogP contribution in [0.5, 0.6) is 5.75 Å². The van der Waals surface area contributed by atoms with E-state index in [0.717, 1.165) is 35.3 Å². The third kappa shape index (κ3) is 4.03. The molecule has 0 saturated heterocycles. The van der Waals surface area contributed by atoms with Crippen molar-refractivity contribution >= 4 is 0 Å². The van der Waals surface area contributed by atoms with Crippen molar-refractivity contribution in [2.75, 3.05) is 7.11 Å². The van der Waals surface area contributed by atoms with Gasteiger partial charge in [-0.25, -0.2) is 4.39 Å². The van der Waals surface area contributed by atoms with E-state index in [0.29, 0.717) is 0 Å². The predicted molar refractivity (Wildman–Crippen MR) is 82.7 cm³/mol. The summed E-state index contributed by atoms with van der Waals surface area (Å²) in [6, 6.07) is 12.8. The molecule has 0 heterocycles. The summed E-state index contributed by atoms with van der Waals surface area (Å²) < 4.78 is 18.5. The van der Waals surface area contributed by atoms with Crippen LogP contribution in [0.15, 0.2) is 42.5 Å². The van der Waals surface area contributed by atoms with Crippen molar-refractivity contribution in [3.05, 3.63) is 65.0 Å². The Kier molecular flexibility index (Phi) is 5.31. The molecule has 0 aliphatic carbocycles. The summed E-state index contributed by atoms with van der Waals surface area (Å²) in [6.07, 6.45) is 1.48. The number of nitrogens with two attached hydrogens (primary N) is 1. The van der Waals surface area contributed by atoms with E-state index in [2.05, 4.69) is 5.43 Å². The number of benzene rings is 2. The number of hydrazine groups is 1. The van der Waals surface area contributed by atoms with Gasteiger partial charge in [-0.2, -0.15) is 0 Å². The number of halogens is 1. The van der Waals surface area contributed by atoms with Crippen LogP contribution in [0.1, 0.15) is 16.7 Å². The first-order valence-corrected chi connectivity index (χ1v) is 6.97. The smallest absolute Gasteiger partial charge is 0.123 e. The van der Waals surface area contributed by atoms with Crippen LogP contribution in [0, 0.1) is 12.7 Å². The Hall–Kier alpha value is -1.91. The minimum atomic E-state index is -0.210. The lowest BCUT2D eigenvalue weighted by molar-refractivity contribution is 0.404. The molecule has 0 radical (unpaired) electrons. The van der Waals surface area contributed by atoms with Gasteiger partial charge in [0.2, 0.25) is 0 Å². The quantitative estimate of drug-likeness (QED) is 0.635. The monoisotopic (exact) mass is 288 g/mol. The van der Waals surface area contributed by atoms with E-state index in [9.17, 15) is 4.39 Å². The Morgan fingerprint density at radius 1 is 1.14 bits per heavy atom. The van der Waals surface area contributed by atoms with E-state index < -0.39 is 0 Å². The maximum atomic E-state index is 13.2. The van der Waals surface area contributed by atoms with Gasteiger partial charge in [0.1, 0.15) is 11.6 Å². The Labute approximate surface area is 124 Å². The molecule has 1 unspecified atom stereocenters. The molecule has 0 aliphatic rings. The minimum absolute atomic E-state index is 0.0606. The number of ether oxygens (including phenoxy) is 1. The molecule has 0 fully saturated rings. The standard InChI is InChI=1S/C17H21FN2O/c1-12-9-15(18)8-7-13(12)10-16(20-19)11-14-5-3-4-6-17(14)21-2/h3-9,16,20H,10-11,19H2,1-2H3. The molecule has 0 aromatic heterocycles. The molecule has 0 amide bonds. The van der Waals surface area contributed by atoms with Crippen molar-refractivity contribution in [3.8, 4) is 5.75 Å². The molecule has 0 bridgehead atoms. The topological polar surface area (TPSA) is 47.3 Å². The number of methoxy groups -OCH3 is 1. The molecule has 2 aromatic rings. The van der Waals surface area contributed by atoms with E-state index >= 15 is 0 Å². The SMILES string of the molecule is COc1ccccc1CC(Cc1ccc(F)cc1C)NN. The number of aryl methyl sites for hydroxylation is 1. The molecule has 2 rings (SSSR count). The van der Waals surface area contributed by atoms with Gasteiger partial charge in [0.25, 0.3) is 0 Å². The molecular weight excluding hydrogens is 267 g/mol. The van der Waals surface area contributed by atoms with Crippen molar-refractivity contribution in [1.82, 2.24) is 5.43 Å². The second-order valence-corrected chi connectivity index (χ2v) is 5.15. The molecule has 3 nitrogen and oxygen atoms in total. The number of hydrogen-bond donors (Lipinski definition) is 2. The molecular formula is C17H21FN2O. The van der Waals surface area contributed by atoms with Gasteiger partial charge in [-0.1, -0.05) is 24.3 Å². The van der Waals surface area contributed by atoms with Crippen LogP contribution in [0.3, 0.4) is 0 Å². The maximum Gasteiger partial charge on any atom is 0.123 e. The van der Waals surface area contributed by atoms with E-state index in [1.54, 1.807) is 13.2 Å². The maximum absolute atomic E-state index is 13.2. The number of nitrogens with one attached hydrogen (secondary N) is 1. The Bertz CT molecular complexity index is 601. The highest BCUT2D eigenvalue weighted by Gasteiger charge is 2.13. The summed E-state index contributed by atoms with van der Waals surface area (Å²) in [6.45, 7) is 1.91. The fraction of sp³-hybridized carbons (Fsp3) is 0.294. The summed E-state index contributed by atoms with van der Waals surface area (Å²) in [7, 11) is 1.66. The van der Waals surface area contributed by atoms with Crippen LogP contribution in [0.2, 0.25) is 0 Å². The van der Waals surface area contributed by atoms with Gasteiger partial charge in [-0.3, -0.25) is 11.3 Å². The first-order valence-electron chi connectivity index (χ1n) is 6.97. The molecule has 21 heavy (non-hydrogen) atoms. The molecule has 2 aromatic carbocycles. The molecule has 112 valence electrons. The predicted octanol–water partition coefficient (Wildman–Crippen LogP) is 2.76. The van der Waals surface area contributed by atoms with Gasteiger partial charge in [-0.15, -0.1) is 0 Å². The third-order valence-corrected chi connectivity index (χ3v) is 3.67.